The molecule has 0 saturated heterocycles. The van der Waals surface area contributed by atoms with Gasteiger partial charge in [-0.15, -0.1) is 5.10 Å². The fourth-order valence-corrected chi connectivity index (χ4v) is 2.43. The lowest BCUT2D eigenvalue weighted by atomic mass is 10.1. The summed E-state index contributed by atoms with van der Waals surface area (Å²) in [4.78, 5) is 12.2. The van der Waals surface area contributed by atoms with E-state index in [0.717, 1.165) is 22.3 Å². The van der Waals surface area contributed by atoms with Gasteiger partial charge in [0.15, 0.2) is 0 Å². The second-order valence-corrected chi connectivity index (χ2v) is 5.30. The largest absolute Gasteiger partial charge is 0.497 e. The molecule has 1 amide bonds. The van der Waals surface area contributed by atoms with E-state index in [0.29, 0.717) is 0 Å². The summed E-state index contributed by atoms with van der Waals surface area (Å²) in [5, 5.41) is 11.0. The van der Waals surface area contributed by atoms with E-state index in [1.807, 2.05) is 55.5 Å². The Labute approximate surface area is 134 Å². The van der Waals surface area contributed by atoms with Crippen LogP contribution < -0.4 is 10.1 Å². The molecule has 0 spiro atoms. The number of benzene rings is 2. The molecular weight excluding hydrogens is 292 g/mol. The maximum Gasteiger partial charge on any atom is 0.242 e. The third-order valence-corrected chi connectivity index (χ3v) is 3.71. The smallest absolute Gasteiger partial charge is 0.242 e. The van der Waals surface area contributed by atoms with E-state index in [2.05, 4.69) is 15.6 Å². The highest BCUT2D eigenvalue weighted by Gasteiger charge is 2.12. The topological polar surface area (TPSA) is 69.0 Å². The van der Waals surface area contributed by atoms with Crippen LogP contribution in [0.25, 0.3) is 11.0 Å². The van der Waals surface area contributed by atoms with Gasteiger partial charge >= 0.3 is 0 Å². The Bertz CT molecular complexity index is 811. The van der Waals surface area contributed by atoms with Crippen LogP contribution in [0.1, 0.15) is 18.5 Å². The summed E-state index contributed by atoms with van der Waals surface area (Å²) in [5.41, 5.74) is 2.64. The van der Waals surface area contributed by atoms with Crippen molar-refractivity contribution in [3.63, 3.8) is 0 Å². The number of rotatable bonds is 5. The normalized spacial score (nSPS) is 12.1. The van der Waals surface area contributed by atoms with Crippen LogP contribution in [0.15, 0.2) is 48.5 Å². The van der Waals surface area contributed by atoms with Crippen molar-refractivity contribution < 1.29 is 9.53 Å². The molecule has 1 N–H and O–H groups in total. The molecule has 2 aromatic carbocycles. The summed E-state index contributed by atoms with van der Waals surface area (Å²) in [5.74, 6) is 0.685. The Morgan fingerprint density at radius 1 is 1.22 bits per heavy atom. The van der Waals surface area contributed by atoms with Crippen molar-refractivity contribution in [1.29, 1.82) is 0 Å². The molecular formula is C17H18N4O2. The summed E-state index contributed by atoms with van der Waals surface area (Å²) in [6.07, 6.45) is 0. The number of fused-ring (bicyclic) bond motifs is 1. The van der Waals surface area contributed by atoms with Gasteiger partial charge in [-0.2, -0.15) is 0 Å². The van der Waals surface area contributed by atoms with Crippen LogP contribution in [-0.4, -0.2) is 28.0 Å². The minimum Gasteiger partial charge on any atom is -0.497 e. The molecule has 118 valence electrons. The zero-order valence-corrected chi connectivity index (χ0v) is 13.1. The van der Waals surface area contributed by atoms with E-state index in [-0.39, 0.29) is 18.5 Å². The Balaban J connectivity index is 1.66. The van der Waals surface area contributed by atoms with Crippen molar-refractivity contribution >= 4 is 16.9 Å². The second-order valence-electron chi connectivity index (χ2n) is 5.30. The van der Waals surface area contributed by atoms with Gasteiger partial charge in [0.25, 0.3) is 0 Å². The zero-order valence-electron chi connectivity index (χ0n) is 13.1. The molecule has 23 heavy (non-hydrogen) atoms. The molecule has 6 heteroatoms. The van der Waals surface area contributed by atoms with Gasteiger partial charge in [-0.25, -0.2) is 4.68 Å². The minimum atomic E-state index is -0.107. The number of para-hydroxylation sites is 1. The number of hydrogen-bond donors (Lipinski definition) is 1. The van der Waals surface area contributed by atoms with Gasteiger partial charge in [0.2, 0.25) is 5.91 Å². The molecule has 1 aromatic heterocycles. The molecule has 0 aliphatic heterocycles. The van der Waals surface area contributed by atoms with Crippen LogP contribution >= 0.6 is 0 Å². The van der Waals surface area contributed by atoms with Gasteiger partial charge < -0.3 is 10.1 Å². The Morgan fingerprint density at radius 2 is 1.96 bits per heavy atom. The van der Waals surface area contributed by atoms with Crippen molar-refractivity contribution in [3.8, 4) is 5.75 Å². The quantitative estimate of drug-likeness (QED) is 0.785. The number of amides is 1. The Kier molecular flexibility index (Phi) is 4.23. The fourth-order valence-electron chi connectivity index (χ4n) is 2.43. The van der Waals surface area contributed by atoms with Crippen LogP contribution in [0.4, 0.5) is 0 Å². The molecule has 0 aliphatic carbocycles. The molecule has 0 bridgehead atoms. The molecule has 1 atom stereocenters. The van der Waals surface area contributed by atoms with Crippen molar-refractivity contribution in [2.75, 3.05) is 7.11 Å². The van der Waals surface area contributed by atoms with E-state index in [9.17, 15) is 4.79 Å². The first-order valence-electron chi connectivity index (χ1n) is 7.39. The summed E-state index contributed by atoms with van der Waals surface area (Å²) in [7, 11) is 1.63. The Hall–Kier alpha value is -2.89. The van der Waals surface area contributed by atoms with Crippen LogP contribution in [0.5, 0.6) is 5.75 Å². The monoisotopic (exact) mass is 310 g/mol. The predicted octanol–water partition coefficient (Wildman–Crippen LogP) is 2.32. The van der Waals surface area contributed by atoms with Crippen molar-refractivity contribution in [1.82, 2.24) is 20.3 Å². The molecule has 0 aliphatic rings. The maximum atomic E-state index is 12.2. The molecule has 0 unspecified atom stereocenters. The summed E-state index contributed by atoms with van der Waals surface area (Å²) in [6.45, 7) is 2.08. The SMILES string of the molecule is COc1ccc([C@@H](C)NC(=O)Cn2nnc3ccccc32)cc1. The molecule has 0 saturated carbocycles. The first kappa shape index (κ1) is 15.0. The predicted molar refractivity (Wildman–Crippen MR) is 87.1 cm³/mol. The fraction of sp³-hybridized carbons (Fsp3) is 0.235. The van der Waals surface area contributed by atoms with Crippen molar-refractivity contribution in [2.45, 2.75) is 19.5 Å². The number of methoxy groups -OCH3 is 1. The number of carbonyl (C=O) groups excluding carboxylic acids is 1. The lowest BCUT2D eigenvalue weighted by Crippen LogP contribution is -2.30. The van der Waals surface area contributed by atoms with E-state index in [1.165, 1.54) is 0 Å². The number of ether oxygens (including phenoxy) is 1. The highest BCUT2D eigenvalue weighted by Crippen LogP contribution is 2.17. The van der Waals surface area contributed by atoms with E-state index in [4.69, 9.17) is 4.74 Å². The third-order valence-electron chi connectivity index (χ3n) is 3.71. The number of carbonyl (C=O) groups is 1. The summed E-state index contributed by atoms with van der Waals surface area (Å²) >= 11 is 0. The highest BCUT2D eigenvalue weighted by atomic mass is 16.5. The average molecular weight is 310 g/mol. The minimum absolute atomic E-state index is 0.0943. The van der Waals surface area contributed by atoms with Gasteiger partial charge in [0, 0.05) is 0 Å². The van der Waals surface area contributed by atoms with Crippen LogP contribution in [0.2, 0.25) is 0 Å². The van der Waals surface area contributed by atoms with Crippen molar-refractivity contribution in [3.05, 3.63) is 54.1 Å². The maximum absolute atomic E-state index is 12.2. The number of nitrogens with zero attached hydrogens (tertiary/aromatic N) is 3. The van der Waals surface area contributed by atoms with E-state index < -0.39 is 0 Å². The number of nitrogens with one attached hydrogen (secondary N) is 1. The summed E-state index contributed by atoms with van der Waals surface area (Å²) in [6, 6.07) is 15.1. The van der Waals surface area contributed by atoms with Gasteiger partial charge in [0.1, 0.15) is 17.8 Å². The molecule has 3 rings (SSSR count). The van der Waals surface area contributed by atoms with E-state index in [1.54, 1.807) is 11.8 Å². The van der Waals surface area contributed by atoms with Gasteiger partial charge in [-0.05, 0) is 36.8 Å². The second kappa shape index (κ2) is 6.48. The van der Waals surface area contributed by atoms with Crippen LogP contribution in [0, 0.1) is 0 Å². The molecule has 0 fully saturated rings. The standard InChI is InChI=1S/C17H18N4O2/c1-12(13-7-9-14(23-2)10-8-13)18-17(22)11-21-16-6-4-3-5-15(16)19-20-21/h3-10,12H,11H2,1-2H3,(H,18,22)/t12-/m1/s1. The zero-order chi connectivity index (χ0) is 16.2. The number of aromatic nitrogens is 3. The lowest BCUT2D eigenvalue weighted by Gasteiger charge is -2.15. The third kappa shape index (κ3) is 3.31. The lowest BCUT2D eigenvalue weighted by molar-refractivity contribution is -0.122. The van der Waals surface area contributed by atoms with E-state index >= 15 is 0 Å². The van der Waals surface area contributed by atoms with Crippen LogP contribution in [0.3, 0.4) is 0 Å². The van der Waals surface area contributed by atoms with Gasteiger partial charge in [-0.3, -0.25) is 4.79 Å². The van der Waals surface area contributed by atoms with Crippen LogP contribution in [-0.2, 0) is 11.3 Å². The average Bonchev–Trinajstić information content (AvgIpc) is 2.98. The molecule has 0 radical (unpaired) electrons. The number of hydrogen-bond acceptors (Lipinski definition) is 4. The molecule has 3 aromatic rings. The first-order valence-corrected chi connectivity index (χ1v) is 7.39. The van der Waals surface area contributed by atoms with Crippen molar-refractivity contribution in [2.24, 2.45) is 0 Å². The van der Waals surface area contributed by atoms with Gasteiger partial charge in [-0.1, -0.05) is 29.5 Å². The van der Waals surface area contributed by atoms with Gasteiger partial charge in [0.05, 0.1) is 18.7 Å². The first-order chi connectivity index (χ1) is 11.2. The summed E-state index contributed by atoms with van der Waals surface area (Å²) < 4.78 is 6.74. The molecule has 1 heterocycles. The molecule has 6 nitrogen and oxygen atoms in total. The highest BCUT2D eigenvalue weighted by molar-refractivity contribution is 5.80. The Morgan fingerprint density at radius 3 is 2.70 bits per heavy atom.